The molecule has 0 N–H and O–H groups in total. The van der Waals surface area contributed by atoms with Gasteiger partial charge in [0, 0.05) is 45.1 Å². The van der Waals surface area contributed by atoms with Crippen LogP contribution >= 0.6 is 0 Å². The van der Waals surface area contributed by atoms with Gasteiger partial charge in [-0.05, 0) is 56.4 Å². The Balaban J connectivity index is 1.36. The zero-order valence-corrected chi connectivity index (χ0v) is 19.1. The SMILES string of the molecule is CN1CCC(CN2CC[C@H](N(C)C(=O)CC(c3ccccc3)c3ccccc3)C2)CC1. The van der Waals surface area contributed by atoms with Crippen LogP contribution in [0.4, 0.5) is 0 Å². The summed E-state index contributed by atoms with van der Waals surface area (Å²) in [4.78, 5) is 20.4. The van der Waals surface area contributed by atoms with Crippen molar-refractivity contribution in [1.82, 2.24) is 14.7 Å². The Morgan fingerprint density at radius 3 is 2.10 bits per heavy atom. The van der Waals surface area contributed by atoms with Gasteiger partial charge in [-0.3, -0.25) is 4.79 Å². The molecule has 2 saturated heterocycles. The van der Waals surface area contributed by atoms with E-state index < -0.39 is 0 Å². The van der Waals surface area contributed by atoms with Crippen molar-refractivity contribution in [2.24, 2.45) is 5.92 Å². The molecule has 4 rings (SSSR count). The van der Waals surface area contributed by atoms with Crippen LogP contribution in [0, 0.1) is 5.92 Å². The number of hydrogen-bond donors (Lipinski definition) is 0. The average Bonchev–Trinajstić information content (AvgIpc) is 3.28. The number of rotatable bonds is 7. The molecule has 0 unspecified atom stereocenters. The molecule has 31 heavy (non-hydrogen) atoms. The van der Waals surface area contributed by atoms with Crippen molar-refractivity contribution in [3.8, 4) is 0 Å². The van der Waals surface area contributed by atoms with E-state index in [2.05, 4.69) is 65.4 Å². The van der Waals surface area contributed by atoms with E-state index in [-0.39, 0.29) is 11.8 Å². The van der Waals surface area contributed by atoms with E-state index in [9.17, 15) is 4.79 Å². The number of amides is 1. The molecule has 0 spiro atoms. The molecule has 1 amide bonds. The summed E-state index contributed by atoms with van der Waals surface area (Å²) in [5.41, 5.74) is 2.43. The number of likely N-dealkylation sites (N-methyl/N-ethyl adjacent to an activating group) is 1. The van der Waals surface area contributed by atoms with Gasteiger partial charge in [-0.25, -0.2) is 0 Å². The van der Waals surface area contributed by atoms with Crippen LogP contribution in [-0.4, -0.2) is 73.5 Å². The van der Waals surface area contributed by atoms with E-state index in [1.807, 2.05) is 24.1 Å². The van der Waals surface area contributed by atoms with E-state index in [1.165, 1.54) is 43.6 Å². The highest BCUT2D eigenvalue weighted by atomic mass is 16.2. The standard InChI is InChI=1S/C27H37N3O/c1-28-16-13-22(14-17-28)20-30-18-15-25(21-30)29(2)27(31)19-26(23-9-5-3-6-10-23)24-11-7-4-8-12-24/h3-12,22,25-26H,13-21H2,1-2H3/t25-/m0/s1. The maximum absolute atomic E-state index is 13.3. The molecule has 0 saturated carbocycles. The van der Waals surface area contributed by atoms with Gasteiger partial charge in [0.05, 0.1) is 0 Å². The molecule has 166 valence electrons. The van der Waals surface area contributed by atoms with Crippen LogP contribution in [0.25, 0.3) is 0 Å². The molecular formula is C27H37N3O. The van der Waals surface area contributed by atoms with Gasteiger partial charge >= 0.3 is 0 Å². The van der Waals surface area contributed by atoms with Crippen molar-refractivity contribution >= 4 is 5.91 Å². The third-order valence-electron chi connectivity index (χ3n) is 7.33. The molecule has 1 atom stereocenters. The molecule has 2 fully saturated rings. The average molecular weight is 420 g/mol. The maximum Gasteiger partial charge on any atom is 0.223 e. The van der Waals surface area contributed by atoms with Gasteiger partial charge in [0.2, 0.25) is 5.91 Å². The minimum Gasteiger partial charge on any atom is -0.341 e. The summed E-state index contributed by atoms with van der Waals surface area (Å²) in [5, 5.41) is 0. The van der Waals surface area contributed by atoms with E-state index in [0.29, 0.717) is 12.5 Å². The second-order valence-corrected chi connectivity index (χ2v) is 9.53. The maximum atomic E-state index is 13.3. The van der Waals surface area contributed by atoms with E-state index in [0.717, 1.165) is 25.4 Å². The molecule has 4 nitrogen and oxygen atoms in total. The van der Waals surface area contributed by atoms with Crippen LogP contribution in [0.5, 0.6) is 0 Å². The summed E-state index contributed by atoms with van der Waals surface area (Å²) in [6, 6.07) is 21.3. The first-order valence-corrected chi connectivity index (χ1v) is 11.9. The van der Waals surface area contributed by atoms with Gasteiger partial charge in [-0.15, -0.1) is 0 Å². The van der Waals surface area contributed by atoms with Crippen molar-refractivity contribution in [3.63, 3.8) is 0 Å². The second kappa shape index (κ2) is 10.4. The van der Waals surface area contributed by atoms with E-state index >= 15 is 0 Å². The van der Waals surface area contributed by atoms with Crippen molar-refractivity contribution < 1.29 is 4.79 Å². The summed E-state index contributed by atoms with van der Waals surface area (Å²) >= 11 is 0. The fourth-order valence-corrected chi connectivity index (χ4v) is 5.23. The number of benzene rings is 2. The fraction of sp³-hybridized carbons (Fsp3) is 0.519. The third kappa shape index (κ3) is 5.75. The van der Waals surface area contributed by atoms with Crippen LogP contribution in [0.3, 0.4) is 0 Å². The third-order valence-corrected chi connectivity index (χ3v) is 7.33. The highest BCUT2D eigenvalue weighted by Gasteiger charge is 2.31. The minimum absolute atomic E-state index is 0.106. The summed E-state index contributed by atoms with van der Waals surface area (Å²) in [7, 11) is 4.24. The van der Waals surface area contributed by atoms with E-state index in [4.69, 9.17) is 0 Å². The Labute approximate surface area is 187 Å². The molecule has 0 aliphatic carbocycles. The second-order valence-electron chi connectivity index (χ2n) is 9.53. The van der Waals surface area contributed by atoms with Crippen molar-refractivity contribution in [3.05, 3.63) is 71.8 Å². The zero-order valence-electron chi connectivity index (χ0n) is 19.1. The van der Waals surface area contributed by atoms with Gasteiger partial charge in [-0.2, -0.15) is 0 Å². The predicted molar refractivity (Wildman–Crippen MR) is 127 cm³/mol. The van der Waals surface area contributed by atoms with Crippen molar-refractivity contribution in [2.75, 3.05) is 46.8 Å². The molecule has 4 heteroatoms. The number of nitrogens with zero attached hydrogens (tertiary/aromatic N) is 3. The minimum atomic E-state index is 0.106. The summed E-state index contributed by atoms with van der Waals surface area (Å²) in [6.07, 6.45) is 4.23. The Bertz CT molecular complexity index is 777. The first-order valence-electron chi connectivity index (χ1n) is 11.9. The van der Waals surface area contributed by atoms with E-state index in [1.54, 1.807) is 0 Å². The number of likely N-dealkylation sites (tertiary alicyclic amines) is 2. The van der Waals surface area contributed by atoms with Crippen LogP contribution in [0.2, 0.25) is 0 Å². The normalized spacial score (nSPS) is 20.9. The number of carbonyl (C=O) groups excluding carboxylic acids is 1. The van der Waals surface area contributed by atoms with Gasteiger partial charge in [0.15, 0.2) is 0 Å². The molecule has 0 aromatic heterocycles. The fourth-order valence-electron chi connectivity index (χ4n) is 5.23. The Morgan fingerprint density at radius 2 is 1.52 bits per heavy atom. The summed E-state index contributed by atoms with van der Waals surface area (Å²) in [5.74, 6) is 1.18. The number of hydrogen-bond acceptors (Lipinski definition) is 3. The molecular weight excluding hydrogens is 382 g/mol. The molecule has 0 bridgehead atoms. The molecule has 2 aromatic carbocycles. The van der Waals surface area contributed by atoms with Gasteiger partial charge in [-0.1, -0.05) is 60.7 Å². The molecule has 2 aliphatic heterocycles. The molecule has 2 heterocycles. The van der Waals surface area contributed by atoms with Crippen LogP contribution in [0.1, 0.15) is 42.7 Å². The van der Waals surface area contributed by atoms with Crippen LogP contribution in [0.15, 0.2) is 60.7 Å². The quantitative estimate of drug-likeness (QED) is 0.677. The first kappa shape index (κ1) is 22.0. The topological polar surface area (TPSA) is 26.8 Å². The van der Waals surface area contributed by atoms with Crippen molar-refractivity contribution in [1.29, 1.82) is 0 Å². The lowest BCUT2D eigenvalue weighted by Crippen LogP contribution is -2.41. The highest BCUT2D eigenvalue weighted by Crippen LogP contribution is 2.29. The Hall–Kier alpha value is -2.17. The van der Waals surface area contributed by atoms with Crippen molar-refractivity contribution in [2.45, 2.75) is 37.6 Å². The largest absolute Gasteiger partial charge is 0.341 e. The monoisotopic (exact) mass is 419 g/mol. The Morgan fingerprint density at radius 1 is 0.935 bits per heavy atom. The zero-order chi connectivity index (χ0) is 21.6. The predicted octanol–water partition coefficient (Wildman–Crippen LogP) is 4.08. The molecule has 0 radical (unpaired) electrons. The van der Waals surface area contributed by atoms with Crippen LogP contribution < -0.4 is 0 Å². The smallest absolute Gasteiger partial charge is 0.223 e. The molecule has 2 aliphatic rings. The lowest BCUT2D eigenvalue weighted by atomic mass is 9.88. The van der Waals surface area contributed by atoms with Crippen LogP contribution in [-0.2, 0) is 4.79 Å². The lowest BCUT2D eigenvalue weighted by Gasteiger charge is -2.32. The number of carbonyl (C=O) groups is 1. The first-order chi connectivity index (χ1) is 15.1. The number of piperidine rings is 1. The highest BCUT2D eigenvalue weighted by molar-refractivity contribution is 5.78. The van der Waals surface area contributed by atoms with Gasteiger partial charge in [0.1, 0.15) is 0 Å². The Kier molecular flexibility index (Phi) is 7.41. The van der Waals surface area contributed by atoms with Gasteiger partial charge < -0.3 is 14.7 Å². The summed E-state index contributed by atoms with van der Waals surface area (Å²) < 4.78 is 0. The van der Waals surface area contributed by atoms with Gasteiger partial charge in [0.25, 0.3) is 0 Å². The molecule has 2 aromatic rings. The summed E-state index contributed by atoms with van der Waals surface area (Å²) in [6.45, 7) is 5.79. The lowest BCUT2D eigenvalue weighted by molar-refractivity contribution is -0.132.